The first kappa shape index (κ1) is 17.3. The minimum absolute atomic E-state index is 0.169. The van der Waals surface area contributed by atoms with Gasteiger partial charge in [-0.1, -0.05) is 25.8 Å². The SMILES string of the molecule is CCCCCc1cc(O)c2c(c1)OC(C)(C)C1CCC(CO)C=C21. The first-order valence-corrected chi connectivity index (χ1v) is 9.34. The molecule has 2 unspecified atom stereocenters. The number of hydrogen-bond donors (Lipinski definition) is 2. The number of hydrogen-bond acceptors (Lipinski definition) is 3. The van der Waals surface area contributed by atoms with Crippen LogP contribution in [-0.4, -0.2) is 22.4 Å². The van der Waals surface area contributed by atoms with Gasteiger partial charge < -0.3 is 14.9 Å². The first-order chi connectivity index (χ1) is 11.5. The highest BCUT2D eigenvalue weighted by molar-refractivity contribution is 5.80. The lowest BCUT2D eigenvalue weighted by Gasteiger charge is -2.44. The lowest BCUT2D eigenvalue weighted by Crippen LogP contribution is -2.43. The van der Waals surface area contributed by atoms with Gasteiger partial charge in [0.15, 0.2) is 0 Å². The fourth-order valence-electron chi connectivity index (χ4n) is 4.22. The number of aliphatic hydroxyl groups excluding tert-OH is 1. The van der Waals surface area contributed by atoms with Crippen molar-refractivity contribution in [3.8, 4) is 11.5 Å². The van der Waals surface area contributed by atoms with E-state index in [0.717, 1.165) is 48.1 Å². The molecule has 0 amide bonds. The second kappa shape index (κ2) is 6.79. The molecule has 2 atom stereocenters. The summed E-state index contributed by atoms with van der Waals surface area (Å²) in [5.41, 5.74) is 2.86. The number of aliphatic hydroxyl groups is 1. The van der Waals surface area contributed by atoms with E-state index in [0.29, 0.717) is 5.75 Å². The monoisotopic (exact) mass is 330 g/mol. The molecule has 1 heterocycles. The zero-order valence-corrected chi connectivity index (χ0v) is 15.1. The maximum absolute atomic E-state index is 10.7. The van der Waals surface area contributed by atoms with Crippen LogP contribution >= 0.6 is 0 Å². The van der Waals surface area contributed by atoms with Crippen LogP contribution in [-0.2, 0) is 6.42 Å². The van der Waals surface area contributed by atoms with Crippen LogP contribution in [0, 0.1) is 11.8 Å². The van der Waals surface area contributed by atoms with Crippen molar-refractivity contribution in [2.45, 2.75) is 64.9 Å². The Labute approximate surface area is 145 Å². The molecule has 0 saturated heterocycles. The second-order valence-corrected chi connectivity index (χ2v) is 7.85. The second-order valence-electron chi connectivity index (χ2n) is 7.85. The van der Waals surface area contributed by atoms with E-state index in [1.807, 2.05) is 6.07 Å². The van der Waals surface area contributed by atoms with Gasteiger partial charge >= 0.3 is 0 Å². The van der Waals surface area contributed by atoms with Crippen molar-refractivity contribution in [3.63, 3.8) is 0 Å². The van der Waals surface area contributed by atoms with Gasteiger partial charge in [-0.3, -0.25) is 0 Å². The van der Waals surface area contributed by atoms with Gasteiger partial charge in [0.25, 0.3) is 0 Å². The molecule has 0 spiro atoms. The van der Waals surface area contributed by atoms with Crippen LogP contribution in [0.5, 0.6) is 11.5 Å². The van der Waals surface area contributed by atoms with Crippen molar-refractivity contribution in [2.24, 2.45) is 11.8 Å². The summed E-state index contributed by atoms with van der Waals surface area (Å²) in [6, 6.07) is 4.00. The zero-order valence-electron chi connectivity index (χ0n) is 15.1. The molecule has 0 aromatic heterocycles. The van der Waals surface area contributed by atoms with Crippen molar-refractivity contribution in [1.29, 1.82) is 0 Å². The third kappa shape index (κ3) is 3.19. The first-order valence-electron chi connectivity index (χ1n) is 9.34. The van der Waals surface area contributed by atoms with Crippen molar-refractivity contribution >= 4 is 5.57 Å². The van der Waals surface area contributed by atoms with Gasteiger partial charge in [-0.25, -0.2) is 0 Å². The molecule has 2 aliphatic rings. The van der Waals surface area contributed by atoms with Crippen molar-refractivity contribution in [1.82, 2.24) is 0 Å². The Hall–Kier alpha value is -1.48. The fourth-order valence-corrected chi connectivity index (χ4v) is 4.22. The molecule has 3 rings (SSSR count). The van der Waals surface area contributed by atoms with E-state index in [1.54, 1.807) is 0 Å². The third-order valence-electron chi connectivity index (χ3n) is 5.56. The smallest absolute Gasteiger partial charge is 0.131 e. The van der Waals surface area contributed by atoms with E-state index < -0.39 is 0 Å². The lowest BCUT2D eigenvalue weighted by molar-refractivity contribution is 0.0487. The average molecular weight is 330 g/mol. The van der Waals surface area contributed by atoms with Crippen LogP contribution in [0.25, 0.3) is 5.57 Å². The summed E-state index contributed by atoms with van der Waals surface area (Å²) in [4.78, 5) is 0. The number of unbranched alkanes of at least 4 members (excludes halogenated alkanes) is 2. The Morgan fingerprint density at radius 3 is 2.71 bits per heavy atom. The predicted octanol–water partition coefficient (Wildman–Crippen LogP) is 4.70. The van der Waals surface area contributed by atoms with Gasteiger partial charge in [0, 0.05) is 18.4 Å². The Bertz CT molecular complexity index is 630. The minimum atomic E-state index is -0.284. The maximum Gasteiger partial charge on any atom is 0.131 e. The molecule has 3 heteroatoms. The summed E-state index contributed by atoms with van der Waals surface area (Å²) in [6.45, 7) is 6.63. The van der Waals surface area contributed by atoms with Crippen LogP contribution in [0.2, 0.25) is 0 Å². The van der Waals surface area contributed by atoms with Gasteiger partial charge in [0.1, 0.15) is 17.1 Å². The summed E-state index contributed by atoms with van der Waals surface area (Å²) >= 11 is 0. The zero-order chi connectivity index (χ0) is 17.3. The summed E-state index contributed by atoms with van der Waals surface area (Å²) in [7, 11) is 0. The number of phenolic OH excluding ortho intramolecular Hbond substituents is 1. The molecule has 1 aromatic rings. The molecular formula is C21H30O3. The number of fused-ring (bicyclic) bond motifs is 3. The Kier molecular flexibility index (Phi) is 4.91. The standard InChI is InChI=1S/C21H30O3/c1-4-5-6-7-14-11-18(23)20-16-10-15(13-22)8-9-17(16)21(2,3)24-19(20)12-14/h10-12,15,17,22-23H,4-9,13H2,1-3H3. The van der Waals surface area contributed by atoms with E-state index in [9.17, 15) is 10.2 Å². The van der Waals surface area contributed by atoms with Crippen molar-refractivity contribution in [3.05, 3.63) is 29.3 Å². The number of ether oxygens (including phenoxy) is 1. The van der Waals surface area contributed by atoms with Crippen LogP contribution in [0.1, 0.15) is 64.0 Å². The van der Waals surface area contributed by atoms with Crippen LogP contribution in [0.15, 0.2) is 18.2 Å². The van der Waals surface area contributed by atoms with Gasteiger partial charge in [-0.2, -0.15) is 0 Å². The van der Waals surface area contributed by atoms with Crippen LogP contribution < -0.4 is 4.74 Å². The Morgan fingerprint density at radius 1 is 1.21 bits per heavy atom. The highest BCUT2D eigenvalue weighted by Gasteiger charge is 2.43. The Balaban J connectivity index is 2.01. The highest BCUT2D eigenvalue weighted by atomic mass is 16.5. The van der Waals surface area contributed by atoms with E-state index >= 15 is 0 Å². The van der Waals surface area contributed by atoms with E-state index in [4.69, 9.17) is 4.74 Å². The van der Waals surface area contributed by atoms with Gasteiger partial charge in [-0.05, 0) is 62.8 Å². The van der Waals surface area contributed by atoms with Gasteiger partial charge in [0.05, 0.1) is 5.56 Å². The summed E-state index contributed by atoms with van der Waals surface area (Å²) < 4.78 is 6.32. The molecule has 24 heavy (non-hydrogen) atoms. The largest absolute Gasteiger partial charge is 0.507 e. The maximum atomic E-state index is 10.7. The number of rotatable bonds is 5. The normalized spacial score (nSPS) is 24.6. The topological polar surface area (TPSA) is 49.7 Å². The molecule has 1 aliphatic carbocycles. The summed E-state index contributed by atoms with van der Waals surface area (Å²) in [6.07, 6.45) is 8.63. The molecule has 0 saturated carbocycles. The molecular weight excluding hydrogens is 300 g/mol. The molecule has 1 aromatic carbocycles. The lowest BCUT2D eigenvalue weighted by atomic mass is 9.70. The van der Waals surface area contributed by atoms with E-state index in [1.165, 1.54) is 12.8 Å². The van der Waals surface area contributed by atoms with Crippen LogP contribution in [0.3, 0.4) is 0 Å². The molecule has 3 nitrogen and oxygen atoms in total. The Morgan fingerprint density at radius 2 is 2.00 bits per heavy atom. The summed E-state index contributed by atoms with van der Waals surface area (Å²) in [5, 5.41) is 20.2. The molecule has 0 bridgehead atoms. The van der Waals surface area contributed by atoms with Crippen molar-refractivity contribution < 1.29 is 14.9 Å². The number of aromatic hydroxyl groups is 1. The number of benzene rings is 1. The van der Waals surface area contributed by atoms with Gasteiger partial charge in [0.2, 0.25) is 0 Å². The molecule has 132 valence electrons. The number of phenols is 1. The average Bonchev–Trinajstić information content (AvgIpc) is 2.53. The van der Waals surface area contributed by atoms with Crippen LogP contribution in [0.4, 0.5) is 0 Å². The van der Waals surface area contributed by atoms with Crippen molar-refractivity contribution in [2.75, 3.05) is 6.61 Å². The minimum Gasteiger partial charge on any atom is -0.507 e. The predicted molar refractivity (Wildman–Crippen MR) is 97.3 cm³/mol. The molecule has 0 fully saturated rings. The van der Waals surface area contributed by atoms with E-state index in [2.05, 4.69) is 32.9 Å². The fraction of sp³-hybridized carbons (Fsp3) is 0.619. The number of aryl methyl sites for hydroxylation is 1. The van der Waals surface area contributed by atoms with Gasteiger partial charge in [-0.15, -0.1) is 0 Å². The molecule has 2 N–H and O–H groups in total. The summed E-state index contributed by atoms with van der Waals surface area (Å²) in [5.74, 6) is 1.57. The molecule has 0 radical (unpaired) electrons. The molecule has 1 aliphatic heterocycles. The highest BCUT2D eigenvalue weighted by Crippen LogP contribution is 2.52. The third-order valence-corrected chi connectivity index (χ3v) is 5.56. The quantitative estimate of drug-likeness (QED) is 0.770. The van der Waals surface area contributed by atoms with E-state index in [-0.39, 0.29) is 24.0 Å².